The molecular weight excluding hydrogens is 378 g/mol. The lowest BCUT2D eigenvalue weighted by molar-refractivity contribution is 0.249. The molecule has 0 amide bonds. The lowest BCUT2D eigenvalue weighted by atomic mass is 9.73. The van der Waals surface area contributed by atoms with Gasteiger partial charge in [0.15, 0.2) is 5.82 Å². The van der Waals surface area contributed by atoms with Crippen molar-refractivity contribution in [1.82, 2.24) is 15.1 Å². The number of fused-ring (bicyclic) bond motifs is 1. The number of aromatic amines is 1. The van der Waals surface area contributed by atoms with Gasteiger partial charge in [0.25, 0.3) is 0 Å². The third kappa shape index (κ3) is 2.92. The Labute approximate surface area is 155 Å². The number of benzene rings is 1. The summed E-state index contributed by atoms with van der Waals surface area (Å²) in [5.41, 5.74) is 3.15. The molecule has 1 fully saturated rings. The van der Waals surface area contributed by atoms with Crippen LogP contribution in [0.2, 0.25) is 0 Å². The molecular formula is C19H20BrN5. The smallest absolute Gasteiger partial charge is 0.151 e. The Bertz CT molecular complexity index is 841. The van der Waals surface area contributed by atoms with E-state index in [9.17, 15) is 5.26 Å². The molecule has 2 atom stereocenters. The molecule has 3 heterocycles. The molecule has 4 rings (SSSR count). The van der Waals surface area contributed by atoms with Crippen molar-refractivity contribution < 1.29 is 0 Å². The number of likely N-dealkylation sites (tertiary alicyclic amines) is 1. The highest BCUT2D eigenvalue weighted by Crippen LogP contribution is 2.45. The Morgan fingerprint density at radius 2 is 2.00 bits per heavy atom. The number of aliphatic imine (C=N–C) groups is 1. The Hall–Kier alpha value is -1.97. The molecule has 128 valence electrons. The molecule has 1 saturated heterocycles. The molecule has 1 aromatic heterocycles. The van der Waals surface area contributed by atoms with Gasteiger partial charge in [-0.3, -0.25) is 5.10 Å². The van der Waals surface area contributed by atoms with Crippen molar-refractivity contribution in [2.45, 2.75) is 18.8 Å². The van der Waals surface area contributed by atoms with Crippen LogP contribution in [0.25, 0.3) is 0 Å². The maximum Gasteiger partial charge on any atom is 0.151 e. The van der Waals surface area contributed by atoms with Gasteiger partial charge in [-0.1, -0.05) is 34.1 Å². The fourth-order valence-corrected chi connectivity index (χ4v) is 4.55. The summed E-state index contributed by atoms with van der Waals surface area (Å²) in [6.07, 6.45) is 3.93. The van der Waals surface area contributed by atoms with Crippen molar-refractivity contribution in [3.63, 3.8) is 0 Å². The van der Waals surface area contributed by atoms with Crippen LogP contribution >= 0.6 is 15.9 Å². The maximum atomic E-state index is 10.0. The monoisotopic (exact) mass is 397 g/mol. The molecule has 2 aliphatic heterocycles. The van der Waals surface area contributed by atoms with Gasteiger partial charge in [0.2, 0.25) is 0 Å². The van der Waals surface area contributed by atoms with Crippen molar-refractivity contribution in [3.8, 4) is 6.07 Å². The Morgan fingerprint density at radius 1 is 1.24 bits per heavy atom. The predicted molar refractivity (Wildman–Crippen MR) is 101 cm³/mol. The molecule has 6 heteroatoms. The van der Waals surface area contributed by atoms with Crippen LogP contribution < -0.4 is 0 Å². The van der Waals surface area contributed by atoms with E-state index in [4.69, 9.17) is 4.99 Å². The van der Waals surface area contributed by atoms with E-state index < -0.39 is 0 Å². The number of halogens is 1. The zero-order valence-electron chi connectivity index (χ0n) is 14.1. The lowest BCUT2D eigenvalue weighted by Gasteiger charge is -2.35. The fraction of sp³-hybridized carbons (Fsp3) is 0.421. The second kappa shape index (κ2) is 6.74. The first-order valence-electron chi connectivity index (χ1n) is 8.63. The standard InChI is InChI=1S/C19H20BrN5/c1-25-8-6-12(7-9-25)18-14(10-21)17(13-4-2-3-5-16(13)20)15-11-22-24-19(15)23-18/h2-5,11-12,14,17H,6-9H2,1H3,(H,22,24). The summed E-state index contributed by atoms with van der Waals surface area (Å²) < 4.78 is 1.03. The first-order chi connectivity index (χ1) is 12.2. The summed E-state index contributed by atoms with van der Waals surface area (Å²) in [6.45, 7) is 2.11. The van der Waals surface area contributed by atoms with Crippen molar-refractivity contribution in [1.29, 1.82) is 5.26 Å². The minimum absolute atomic E-state index is 0.0403. The highest BCUT2D eigenvalue weighted by atomic mass is 79.9. The second-order valence-corrected chi connectivity index (χ2v) is 7.75. The number of rotatable bonds is 2. The molecule has 0 bridgehead atoms. The van der Waals surface area contributed by atoms with Crippen molar-refractivity contribution in [2.24, 2.45) is 16.8 Å². The van der Waals surface area contributed by atoms with Crippen LogP contribution in [0, 0.1) is 23.2 Å². The number of hydrogen-bond acceptors (Lipinski definition) is 4. The highest BCUT2D eigenvalue weighted by molar-refractivity contribution is 9.10. The van der Waals surface area contributed by atoms with Gasteiger partial charge in [-0.25, -0.2) is 4.99 Å². The predicted octanol–water partition coefficient (Wildman–Crippen LogP) is 3.87. The van der Waals surface area contributed by atoms with Gasteiger partial charge in [0.1, 0.15) is 0 Å². The first-order valence-corrected chi connectivity index (χ1v) is 9.42. The summed E-state index contributed by atoms with van der Waals surface area (Å²) in [5.74, 6) is 0.877. The number of aromatic nitrogens is 2. The fourth-order valence-electron chi connectivity index (χ4n) is 4.02. The SMILES string of the molecule is CN1CCC(C2=Nc3[nH]ncc3C(c3ccccc3Br)C2C#N)CC1. The molecule has 1 N–H and O–H groups in total. The van der Waals surface area contributed by atoms with Crippen LogP contribution in [-0.2, 0) is 0 Å². The quantitative estimate of drug-likeness (QED) is 0.835. The molecule has 25 heavy (non-hydrogen) atoms. The van der Waals surface area contributed by atoms with Gasteiger partial charge in [0, 0.05) is 27.6 Å². The minimum Gasteiger partial charge on any atom is -0.306 e. The average molecular weight is 398 g/mol. The normalized spacial score (nSPS) is 24.4. The molecule has 0 radical (unpaired) electrons. The summed E-state index contributed by atoms with van der Waals surface area (Å²) in [7, 11) is 2.15. The summed E-state index contributed by atoms with van der Waals surface area (Å²) >= 11 is 3.67. The van der Waals surface area contributed by atoms with E-state index in [1.807, 2.05) is 24.4 Å². The molecule has 2 unspecified atom stereocenters. The molecule has 2 aromatic rings. The number of piperidine rings is 1. The molecule has 0 saturated carbocycles. The van der Waals surface area contributed by atoms with E-state index in [-0.39, 0.29) is 11.8 Å². The van der Waals surface area contributed by atoms with Gasteiger partial charge in [-0.05, 0) is 44.6 Å². The van der Waals surface area contributed by atoms with E-state index in [2.05, 4.69) is 50.2 Å². The van der Waals surface area contributed by atoms with Crippen LogP contribution in [0.3, 0.4) is 0 Å². The van der Waals surface area contributed by atoms with Gasteiger partial charge in [0.05, 0.1) is 18.2 Å². The van der Waals surface area contributed by atoms with E-state index in [0.29, 0.717) is 5.92 Å². The molecule has 0 aliphatic carbocycles. The summed E-state index contributed by atoms with van der Waals surface area (Å²) in [6, 6.07) is 10.7. The van der Waals surface area contributed by atoms with Gasteiger partial charge < -0.3 is 4.90 Å². The Balaban J connectivity index is 1.80. The summed E-state index contributed by atoms with van der Waals surface area (Å²) in [4.78, 5) is 7.20. The zero-order valence-corrected chi connectivity index (χ0v) is 15.7. The van der Waals surface area contributed by atoms with E-state index in [1.54, 1.807) is 0 Å². The number of nitriles is 1. The Morgan fingerprint density at radius 3 is 2.72 bits per heavy atom. The van der Waals surface area contributed by atoms with Crippen LogP contribution in [0.4, 0.5) is 5.82 Å². The minimum atomic E-state index is -0.253. The molecule has 2 aliphatic rings. The topological polar surface area (TPSA) is 68.1 Å². The molecule has 0 spiro atoms. The van der Waals surface area contributed by atoms with Crippen molar-refractivity contribution in [3.05, 3.63) is 46.1 Å². The number of H-pyrrole nitrogens is 1. The zero-order chi connectivity index (χ0) is 17.4. The van der Waals surface area contributed by atoms with Crippen LogP contribution in [0.15, 0.2) is 39.9 Å². The molecule has 1 aromatic carbocycles. The Kier molecular flexibility index (Phi) is 4.45. The lowest BCUT2D eigenvalue weighted by Crippen LogP contribution is -2.38. The van der Waals surface area contributed by atoms with E-state index >= 15 is 0 Å². The summed E-state index contributed by atoms with van der Waals surface area (Å²) in [5, 5.41) is 17.3. The van der Waals surface area contributed by atoms with Crippen LogP contribution in [-0.4, -0.2) is 40.9 Å². The number of hydrogen-bond donors (Lipinski definition) is 1. The van der Waals surface area contributed by atoms with E-state index in [0.717, 1.165) is 53.1 Å². The highest BCUT2D eigenvalue weighted by Gasteiger charge is 2.40. The van der Waals surface area contributed by atoms with Gasteiger partial charge >= 0.3 is 0 Å². The second-order valence-electron chi connectivity index (χ2n) is 6.89. The third-order valence-electron chi connectivity index (χ3n) is 5.39. The van der Waals surface area contributed by atoms with E-state index in [1.165, 1.54) is 0 Å². The van der Waals surface area contributed by atoms with Crippen molar-refractivity contribution >= 4 is 27.5 Å². The van der Waals surface area contributed by atoms with Crippen molar-refractivity contribution in [2.75, 3.05) is 20.1 Å². The number of nitrogens with one attached hydrogen (secondary N) is 1. The third-order valence-corrected chi connectivity index (χ3v) is 6.11. The van der Waals surface area contributed by atoms with Gasteiger partial charge in [-0.15, -0.1) is 0 Å². The average Bonchev–Trinajstić information content (AvgIpc) is 3.10. The first kappa shape index (κ1) is 16.5. The van der Waals surface area contributed by atoms with Crippen LogP contribution in [0.5, 0.6) is 0 Å². The van der Waals surface area contributed by atoms with Crippen LogP contribution in [0.1, 0.15) is 29.9 Å². The maximum absolute atomic E-state index is 10.0. The molecule has 5 nitrogen and oxygen atoms in total. The number of nitrogens with zero attached hydrogens (tertiary/aromatic N) is 4. The van der Waals surface area contributed by atoms with Gasteiger partial charge in [-0.2, -0.15) is 10.4 Å². The largest absolute Gasteiger partial charge is 0.306 e.